The number of rotatable bonds is 7. The first-order valence-corrected chi connectivity index (χ1v) is 9.84. The Morgan fingerprint density at radius 3 is 2.42 bits per heavy atom. The Labute approximate surface area is 178 Å². The predicted octanol–water partition coefficient (Wildman–Crippen LogP) is 4.54. The van der Waals surface area contributed by atoms with Crippen molar-refractivity contribution in [2.24, 2.45) is 0 Å². The number of aliphatic hydroxyl groups is 1. The number of aromatic nitrogens is 1. The summed E-state index contributed by atoms with van der Waals surface area (Å²) in [4.78, 5) is 16.6. The largest absolute Gasteiger partial charge is 0.445 e. The van der Waals surface area contributed by atoms with Crippen LogP contribution in [0.2, 0.25) is 0 Å². The van der Waals surface area contributed by atoms with Crippen LogP contribution in [0.25, 0.3) is 11.1 Å². The van der Waals surface area contributed by atoms with E-state index in [0.717, 1.165) is 11.1 Å². The van der Waals surface area contributed by atoms with Crippen molar-refractivity contribution in [2.75, 3.05) is 0 Å². The summed E-state index contributed by atoms with van der Waals surface area (Å²) in [6.07, 6.45) is -1.62. The molecule has 0 radical (unpaired) electrons. The number of alkyl carbamates (subject to hydrolysis) is 1. The number of nitrogens with one attached hydrogen (secondary N) is 1. The molecule has 0 spiro atoms. The number of benzene rings is 3. The summed E-state index contributed by atoms with van der Waals surface area (Å²) in [6.45, 7) is 0.100. The van der Waals surface area contributed by atoms with Gasteiger partial charge in [-0.1, -0.05) is 60.7 Å². The molecule has 4 aromatic rings. The van der Waals surface area contributed by atoms with Crippen molar-refractivity contribution < 1.29 is 23.4 Å². The molecule has 3 aromatic carbocycles. The van der Waals surface area contributed by atoms with Gasteiger partial charge in [0.1, 0.15) is 17.9 Å². The van der Waals surface area contributed by atoms with Gasteiger partial charge in [-0.2, -0.15) is 0 Å². The van der Waals surface area contributed by atoms with Crippen molar-refractivity contribution in [2.45, 2.75) is 25.2 Å². The SMILES string of the molecule is O=C(NC(Cc1ccccc1)C(O)c1nc2cc(F)ccc2o1)OCc1ccccc1. The molecule has 0 aliphatic carbocycles. The minimum atomic E-state index is -1.26. The molecule has 1 amide bonds. The first-order valence-electron chi connectivity index (χ1n) is 9.84. The van der Waals surface area contributed by atoms with Crippen molar-refractivity contribution >= 4 is 17.2 Å². The fourth-order valence-electron chi connectivity index (χ4n) is 3.24. The molecular weight excluding hydrogens is 399 g/mol. The van der Waals surface area contributed by atoms with E-state index in [0.29, 0.717) is 17.5 Å². The first-order chi connectivity index (χ1) is 15.1. The molecule has 2 unspecified atom stereocenters. The fourth-order valence-corrected chi connectivity index (χ4v) is 3.24. The number of oxazole rings is 1. The Bertz CT molecular complexity index is 1150. The highest BCUT2D eigenvalue weighted by Gasteiger charge is 2.28. The van der Waals surface area contributed by atoms with Crippen LogP contribution in [-0.4, -0.2) is 22.2 Å². The second-order valence-electron chi connectivity index (χ2n) is 7.11. The number of fused-ring (bicyclic) bond motifs is 1. The van der Waals surface area contributed by atoms with Crippen molar-refractivity contribution in [3.8, 4) is 0 Å². The summed E-state index contributed by atoms with van der Waals surface area (Å²) in [5.41, 5.74) is 2.38. The Hall–Kier alpha value is -3.71. The van der Waals surface area contributed by atoms with Gasteiger partial charge in [0.15, 0.2) is 11.7 Å². The molecule has 158 valence electrons. The summed E-state index contributed by atoms with van der Waals surface area (Å²) in [5, 5.41) is 13.6. The molecule has 1 aromatic heterocycles. The summed E-state index contributed by atoms with van der Waals surface area (Å²) in [6, 6.07) is 21.8. The van der Waals surface area contributed by atoms with E-state index < -0.39 is 24.1 Å². The zero-order valence-electron chi connectivity index (χ0n) is 16.6. The lowest BCUT2D eigenvalue weighted by molar-refractivity contribution is 0.0862. The van der Waals surface area contributed by atoms with Gasteiger partial charge < -0.3 is 19.6 Å². The van der Waals surface area contributed by atoms with Gasteiger partial charge in [-0.3, -0.25) is 0 Å². The van der Waals surface area contributed by atoms with Crippen LogP contribution < -0.4 is 5.32 Å². The van der Waals surface area contributed by atoms with Gasteiger partial charge in [0.2, 0.25) is 5.89 Å². The molecule has 0 aliphatic heterocycles. The van der Waals surface area contributed by atoms with Crippen LogP contribution in [-0.2, 0) is 17.8 Å². The van der Waals surface area contributed by atoms with Crippen LogP contribution >= 0.6 is 0 Å². The Morgan fingerprint density at radius 1 is 1.03 bits per heavy atom. The van der Waals surface area contributed by atoms with Gasteiger partial charge in [0.05, 0.1) is 6.04 Å². The van der Waals surface area contributed by atoms with Crippen LogP contribution in [0.4, 0.5) is 9.18 Å². The van der Waals surface area contributed by atoms with E-state index in [1.54, 1.807) is 0 Å². The third-order valence-corrected chi connectivity index (χ3v) is 4.81. The monoisotopic (exact) mass is 420 g/mol. The lowest BCUT2D eigenvalue weighted by atomic mass is 10.0. The number of carbonyl (C=O) groups excluding carboxylic acids is 1. The number of amides is 1. The van der Waals surface area contributed by atoms with Gasteiger partial charge >= 0.3 is 6.09 Å². The van der Waals surface area contributed by atoms with Crippen molar-refractivity contribution in [1.82, 2.24) is 10.3 Å². The quantitative estimate of drug-likeness (QED) is 0.459. The number of halogens is 1. The average Bonchev–Trinajstić information content (AvgIpc) is 3.21. The van der Waals surface area contributed by atoms with E-state index in [4.69, 9.17) is 9.15 Å². The third kappa shape index (κ3) is 5.26. The standard InChI is InChI=1S/C24H21FN2O4/c25-18-11-12-21-19(14-18)26-23(31-21)22(28)20(13-16-7-3-1-4-8-16)27-24(29)30-15-17-9-5-2-6-10-17/h1-12,14,20,22,28H,13,15H2,(H,27,29). The lowest BCUT2D eigenvalue weighted by Gasteiger charge is -2.22. The summed E-state index contributed by atoms with van der Waals surface area (Å²) in [7, 11) is 0. The minimum absolute atomic E-state index is 0.00936. The van der Waals surface area contributed by atoms with Crippen LogP contribution in [0.15, 0.2) is 83.3 Å². The minimum Gasteiger partial charge on any atom is -0.445 e. The maximum Gasteiger partial charge on any atom is 0.407 e. The number of aliphatic hydroxyl groups excluding tert-OH is 1. The highest BCUT2D eigenvalue weighted by atomic mass is 19.1. The maximum absolute atomic E-state index is 13.5. The van der Waals surface area contributed by atoms with Crippen molar-refractivity contribution in [3.05, 3.63) is 102 Å². The molecule has 0 bridgehead atoms. The van der Waals surface area contributed by atoms with Crippen LogP contribution in [0, 0.1) is 5.82 Å². The molecule has 1 heterocycles. The first kappa shape index (κ1) is 20.6. The number of ether oxygens (including phenoxy) is 1. The van der Waals surface area contributed by atoms with Gasteiger partial charge in [-0.05, 0) is 29.7 Å². The van der Waals surface area contributed by atoms with Crippen LogP contribution in [0.5, 0.6) is 0 Å². The van der Waals surface area contributed by atoms with E-state index in [2.05, 4.69) is 10.3 Å². The molecule has 2 atom stereocenters. The molecular formula is C24H21FN2O4. The van der Waals surface area contributed by atoms with Gasteiger partial charge in [0, 0.05) is 6.07 Å². The van der Waals surface area contributed by atoms with Crippen LogP contribution in [0.3, 0.4) is 0 Å². The smallest absolute Gasteiger partial charge is 0.407 e. The normalized spacial score (nSPS) is 13.0. The zero-order valence-corrected chi connectivity index (χ0v) is 16.6. The Kier molecular flexibility index (Phi) is 6.24. The van der Waals surface area contributed by atoms with Crippen molar-refractivity contribution in [1.29, 1.82) is 0 Å². The Balaban J connectivity index is 1.51. The molecule has 31 heavy (non-hydrogen) atoms. The van der Waals surface area contributed by atoms with Gasteiger partial charge in [-0.15, -0.1) is 0 Å². The summed E-state index contributed by atoms with van der Waals surface area (Å²) >= 11 is 0. The highest BCUT2D eigenvalue weighted by Crippen LogP contribution is 2.24. The zero-order chi connectivity index (χ0) is 21.6. The van der Waals surface area contributed by atoms with E-state index >= 15 is 0 Å². The fraction of sp³-hybridized carbons (Fsp3) is 0.167. The van der Waals surface area contributed by atoms with Gasteiger partial charge in [-0.25, -0.2) is 14.2 Å². The average molecular weight is 420 g/mol. The van der Waals surface area contributed by atoms with Crippen molar-refractivity contribution in [3.63, 3.8) is 0 Å². The molecule has 0 aliphatic rings. The number of hydrogen-bond donors (Lipinski definition) is 2. The van der Waals surface area contributed by atoms with Gasteiger partial charge in [0.25, 0.3) is 0 Å². The second kappa shape index (κ2) is 9.40. The third-order valence-electron chi connectivity index (χ3n) is 4.81. The molecule has 4 rings (SSSR count). The van der Waals surface area contributed by atoms with E-state index in [-0.39, 0.29) is 12.5 Å². The lowest BCUT2D eigenvalue weighted by Crippen LogP contribution is -2.41. The van der Waals surface area contributed by atoms with Crippen LogP contribution in [0.1, 0.15) is 23.1 Å². The number of carbonyl (C=O) groups is 1. The van der Waals surface area contributed by atoms with E-state index in [9.17, 15) is 14.3 Å². The summed E-state index contributed by atoms with van der Waals surface area (Å²) < 4.78 is 24.4. The maximum atomic E-state index is 13.5. The van der Waals surface area contributed by atoms with E-state index in [1.807, 2.05) is 60.7 Å². The molecule has 0 fully saturated rings. The molecule has 2 N–H and O–H groups in total. The predicted molar refractivity (Wildman–Crippen MR) is 113 cm³/mol. The Morgan fingerprint density at radius 2 is 1.71 bits per heavy atom. The number of hydrogen-bond acceptors (Lipinski definition) is 5. The van der Waals surface area contributed by atoms with E-state index in [1.165, 1.54) is 18.2 Å². The topological polar surface area (TPSA) is 84.6 Å². The molecule has 6 nitrogen and oxygen atoms in total. The summed E-state index contributed by atoms with van der Waals surface area (Å²) in [5.74, 6) is -0.463. The molecule has 7 heteroatoms. The molecule has 0 saturated heterocycles. The highest BCUT2D eigenvalue weighted by molar-refractivity contribution is 5.72. The number of nitrogens with zero attached hydrogens (tertiary/aromatic N) is 1. The molecule has 0 saturated carbocycles. The second-order valence-corrected chi connectivity index (χ2v) is 7.11.